The van der Waals surface area contributed by atoms with Gasteiger partial charge in [-0.1, -0.05) is 60.7 Å². The van der Waals surface area contributed by atoms with E-state index in [0.29, 0.717) is 0 Å². The zero-order valence-electron chi connectivity index (χ0n) is 16.1. The van der Waals surface area contributed by atoms with Crippen molar-refractivity contribution in [2.75, 3.05) is 0 Å². The first-order valence-corrected chi connectivity index (χ1v) is 11.5. The molecule has 0 saturated carbocycles. The predicted octanol–water partition coefficient (Wildman–Crippen LogP) is 3.29. The van der Waals surface area contributed by atoms with Gasteiger partial charge < -0.3 is 10.2 Å². The Balaban J connectivity index is 2.06. The van der Waals surface area contributed by atoms with Gasteiger partial charge in [0.15, 0.2) is 0 Å². The van der Waals surface area contributed by atoms with E-state index in [2.05, 4.69) is 72.8 Å². The summed E-state index contributed by atoms with van der Waals surface area (Å²) in [5.74, 6) is 0. The summed E-state index contributed by atoms with van der Waals surface area (Å²) in [6.45, 7) is 0.0706. The molecule has 4 aromatic rings. The molecule has 3 heteroatoms. The summed E-state index contributed by atoms with van der Waals surface area (Å²) >= 11 is 0. The maximum Gasteiger partial charge on any atom is 0.144 e. The Morgan fingerprint density at radius 2 is 0.724 bits per heavy atom. The van der Waals surface area contributed by atoms with E-state index in [0.717, 1.165) is 11.1 Å². The topological polar surface area (TPSA) is 40.5 Å². The van der Waals surface area contributed by atoms with E-state index in [4.69, 9.17) is 0 Å². The number of benzene rings is 4. The van der Waals surface area contributed by atoms with Gasteiger partial charge in [-0.3, -0.25) is 0 Å². The van der Waals surface area contributed by atoms with Crippen LogP contribution >= 0.6 is 7.26 Å². The quantitative estimate of drug-likeness (QED) is 0.489. The van der Waals surface area contributed by atoms with Crippen molar-refractivity contribution in [2.24, 2.45) is 0 Å². The van der Waals surface area contributed by atoms with Crippen molar-refractivity contribution in [3.8, 4) is 0 Å². The lowest BCUT2D eigenvalue weighted by Gasteiger charge is -2.27. The van der Waals surface area contributed by atoms with Gasteiger partial charge in [0.2, 0.25) is 0 Å². The molecule has 4 aromatic carbocycles. The van der Waals surface area contributed by atoms with Crippen molar-refractivity contribution in [2.45, 2.75) is 13.2 Å². The molecule has 0 aromatic heterocycles. The molecule has 144 valence electrons. The third kappa shape index (κ3) is 3.63. The normalized spacial score (nSPS) is 11.4. The zero-order valence-corrected chi connectivity index (χ0v) is 17.0. The number of aliphatic hydroxyl groups is 2. The monoisotopic (exact) mass is 399 g/mol. The van der Waals surface area contributed by atoms with Crippen molar-refractivity contribution >= 4 is 28.5 Å². The van der Waals surface area contributed by atoms with E-state index in [9.17, 15) is 10.2 Å². The van der Waals surface area contributed by atoms with Gasteiger partial charge in [0.1, 0.15) is 28.5 Å². The van der Waals surface area contributed by atoms with E-state index in [1.165, 1.54) is 21.2 Å². The first-order valence-electron chi connectivity index (χ1n) is 9.70. The fourth-order valence-corrected chi connectivity index (χ4v) is 8.07. The van der Waals surface area contributed by atoms with Gasteiger partial charge in [-0.25, -0.2) is 0 Å². The minimum atomic E-state index is -2.13. The molecular formula is C26H24O2P+. The van der Waals surface area contributed by atoms with Crippen molar-refractivity contribution < 1.29 is 10.2 Å². The second-order valence-electron chi connectivity index (χ2n) is 6.99. The van der Waals surface area contributed by atoms with Crippen LogP contribution in [-0.2, 0) is 13.2 Å². The lowest BCUT2D eigenvalue weighted by Crippen LogP contribution is -2.38. The first-order chi connectivity index (χ1) is 14.3. The molecule has 0 bridgehead atoms. The fourth-order valence-electron chi connectivity index (χ4n) is 3.85. The summed E-state index contributed by atoms with van der Waals surface area (Å²) in [4.78, 5) is 0. The highest BCUT2D eigenvalue weighted by molar-refractivity contribution is 8.01. The highest BCUT2D eigenvalue weighted by Gasteiger charge is 2.47. The highest BCUT2D eigenvalue weighted by Crippen LogP contribution is 2.54. The summed E-state index contributed by atoms with van der Waals surface area (Å²) in [6.07, 6.45) is 0. The van der Waals surface area contributed by atoms with Crippen LogP contribution in [0.4, 0.5) is 0 Å². The minimum Gasteiger partial charge on any atom is -0.392 e. The largest absolute Gasteiger partial charge is 0.392 e. The lowest BCUT2D eigenvalue weighted by molar-refractivity contribution is 0.281. The molecule has 0 aliphatic rings. The van der Waals surface area contributed by atoms with Gasteiger partial charge in [-0.15, -0.1) is 0 Å². The van der Waals surface area contributed by atoms with Crippen molar-refractivity contribution in [3.05, 3.63) is 120 Å². The molecule has 4 rings (SSSR count). The Kier molecular flexibility index (Phi) is 5.87. The molecule has 0 saturated heterocycles. The number of aliphatic hydroxyl groups excluding tert-OH is 2. The third-order valence-corrected chi connectivity index (χ3v) is 9.59. The Bertz CT molecular complexity index is 954. The Morgan fingerprint density at radius 1 is 0.414 bits per heavy atom. The van der Waals surface area contributed by atoms with Crippen LogP contribution in [0.15, 0.2) is 109 Å². The zero-order chi connectivity index (χ0) is 20.1. The van der Waals surface area contributed by atoms with Crippen LogP contribution in [0, 0.1) is 0 Å². The van der Waals surface area contributed by atoms with Gasteiger partial charge in [0.05, 0.1) is 13.2 Å². The van der Waals surface area contributed by atoms with Crippen LogP contribution in [0.2, 0.25) is 0 Å². The summed E-state index contributed by atoms with van der Waals surface area (Å²) in [7, 11) is -2.13. The standard InChI is InChI=1S/C26H24O2P/c27-19-21-11-15-25(16-12-21)29(23-7-3-1-4-8-23,24-9-5-2-6-10-24)26-17-13-22(20-28)14-18-26/h1-18,27-28H,19-20H2/q+1. The maximum absolute atomic E-state index is 9.53. The van der Waals surface area contributed by atoms with Gasteiger partial charge in [-0.05, 0) is 59.7 Å². The summed E-state index contributed by atoms with van der Waals surface area (Å²) < 4.78 is 0. The molecule has 0 heterocycles. The summed E-state index contributed by atoms with van der Waals surface area (Å²) in [5.41, 5.74) is 1.81. The molecule has 0 unspecified atom stereocenters. The van der Waals surface area contributed by atoms with Gasteiger partial charge >= 0.3 is 0 Å². The van der Waals surface area contributed by atoms with Crippen molar-refractivity contribution in [1.29, 1.82) is 0 Å². The Labute approximate surface area is 172 Å². The molecule has 0 radical (unpaired) electrons. The summed E-state index contributed by atoms with van der Waals surface area (Å²) in [6, 6.07) is 38.0. The van der Waals surface area contributed by atoms with Crippen molar-refractivity contribution in [3.63, 3.8) is 0 Å². The Morgan fingerprint density at radius 3 is 1.03 bits per heavy atom. The molecular weight excluding hydrogens is 375 g/mol. The average molecular weight is 399 g/mol. The number of hydrogen-bond acceptors (Lipinski definition) is 2. The smallest absolute Gasteiger partial charge is 0.144 e. The molecule has 0 amide bonds. The lowest BCUT2D eigenvalue weighted by atomic mass is 10.2. The van der Waals surface area contributed by atoms with Gasteiger partial charge in [-0.2, -0.15) is 0 Å². The number of hydrogen-bond donors (Lipinski definition) is 2. The van der Waals surface area contributed by atoms with E-state index < -0.39 is 7.26 Å². The second-order valence-corrected chi connectivity index (χ2v) is 10.4. The molecule has 0 fully saturated rings. The minimum absolute atomic E-state index is 0.0353. The van der Waals surface area contributed by atoms with Gasteiger partial charge in [0.25, 0.3) is 0 Å². The van der Waals surface area contributed by atoms with Crippen LogP contribution in [0.25, 0.3) is 0 Å². The van der Waals surface area contributed by atoms with Crippen LogP contribution in [0.3, 0.4) is 0 Å². The molecule has 2 nitrogen and oxygen atoms in total. The molecule has 0 aliphatic heterocycles. The third-order valence-electron chi connectivity index (χ3n) is 5.30. The molecule has 29 heavy (non-hydrogen) atoms. The van der Waals surface area contributed by atoms with Crippen LogP contribution < -0.4 is 21.2 Å². The van der Waals surface area contributed by atoms with Gasteiger partial charge in [0, 0.05) is 0 Å². The average Bonchev–Trinajstić information content (AvgIpc) is 2.82. The Hall–Kier alpha value is -2.77. The van der Waals surface area contributed by atoms with Crippen LogP contribution in [0.5, 0.6) is 0 Å². The predicted molar refractivity (Wildman–Crippen MR) is 123 cm³/mol. The molecule has 0 atom stereocenters. The van der Waals surface area contributed by atoms with E-state index in [1.807, 2.05) is 36.4 Å². The summed E-state index contributed by atoms with van der Waals surface area (Å²) in [5, 5.41) is 24.1. The van der Waals surface area contributed by atoms with Crippen LogP contribution in [0.1, 0.15) is 11.1 Å². The van der Waals surface area contributed by atoms with Crippen molar-refractivity contribution in [1.82, 2.24) is 0 Å². The second kappa shape index (κ2) is 8.71. The van der Waals surface area contributed by atoms with Crippen LogP contribution in [-0.4, -0.2) is 10.2 Å². The molecule has 0 aliphatic carbocycles. The fraction of sp³-hybridized carbons (Fsp3) is 0.0769. The number of rotatable bonds is 6. The first kappa shape index (κ1) is 19.5. The molecule has 0 spiro atoms. The maximum atomic E-state index is 9.53. The SMILES string of the molecule is OCc1ccc([P+](c2ccccc2)(c2ccccc2)c2ccc(CO)cc2)cc1. The van der Waals surface area contributed by atoms with E-state index >= 15 is 0 Å². The molecule has 2 N–H and O–H groups in total. The highest BCUT2D eigenvalue weighted by atomic mass is 31.2. The van der Waals surface area contributed by atoms with E-state index in [-0.39, 0.29) is 13.2 Å². The van der Waals surface area contributed by atoms with E-state index in [1.54, 1.807) is 0 Å².